The zero-order valence-electron chi connectivity index (χ0n) is 19.7. The highest BCUT2D eigenvalue weighted by atomic mass is 16.2. The third-order valence-corrected chi connectivity index (χ3v) is 5.52. The average Bonchev–Trinajstić information content (AvgIpc) is 2.81. The van der Waals surface area contributed by atoms with E-state index in [-0.39, 0.29) is 23.5 Å². The Balaban J connectivity index is 1.44. The Labute approximate surface area is 201 Å². The Hall–Kier alpha value is -3.68. The van der Waals surface area contributed by atoms with E-state index >= 15 is 0 Å². The second kappa shape index (κ2) is 14.5. The normalized spacial score (nSPS) is 10.5. The van der Waals surface area contributed by atoms with E-state index in [0.717, 1.165) is 62.7 Å². The Kier molecular flexibility index (Phi) is 11.3. The molecule has 0 atom stereocenters. The summed E-state index contributed by atoms with van der Waals surface area (Å²) in [5.74, 6) is 0.0296. The highest BCUT2D eigenvalue weighted by molar-refractivity contribution is 5.97. The molecule has 34 heavy (non-hydrogen) atoms. The monoisotopic (exact) mass is 464 g/mol. The molecule has 0 aliphatic heterocycles. The number of nitrogens with two attached hydrogens (primary N) is 2. The topological polar surface area (TPSA) is 158 Å². The molecule has 0 aromatic heterocycles. The van der Waals surface area contributed by atoms with Crippen molar-refractivity contribution in [2.45, 2.75) is 64.2 Å². The van der Waals surface area contributed by atoms with Gasteiger partial charge in [0.2, 0.25) is 11.8 Å². The number of nitrogens with one attached hydrogen (secondary N) is 4. The third kappa shape index (κ3) is 10.3. The van der Waals surface area contributed by atoms with Crippen molar-refractivity contribution in [2.75, 3.05) is 10.6 Å². The Morgan fingerprint density at radius 1 is 0.559 bits per heavy atom. The second-order valence-corrected chi connectivity index (χ2v) is 8.41. The summed E-state index contributed by atoms with van der Waals surface area (Å²) < 4.78 is 0. The van der Waals surface area contributed by atoms with Gasteiger partial charge in [-0.1, -0.05) is 38.5 Å². The number of amidine groups is 2. The third-order valence-electron chi connectivity index (χ3n) is 5.52. The first-order valence-electron chi connectivity index (χ1n) is 11.8. The number of hydrogen-bond acceptors (Lipinski definition) is 4. The van der Waals surface area contributed by atoms with Crippen LogP contribution in [0.4, 0.5) is 11.4 Å². The maximum atomic E-state index is 12.0. The summed E-state index contributed by atoms with van der Waals surface area (Å²) >= 11 is 0. The molecule has 0 spiro atoms. The molecule has 0 aliphatic carbocycles. The van der Waals surface area contributed by atoms with E-state index in [4.69, 9.17) is 22.3 Å². The number of carbonyl (C=O) groups excluding carboxylic acids is 2. The number of hydrogen-bond donors (Lipinski definition) is 6. The quantitative estimate of drug-likeness (QED) is 0.128. The molecule has 182 valence electrons. The fourth-order valence-electron chi connectivity index (χ4n) is 3.54. The molecule has 0 unspecified atom stereocenters. The predicted octanol–water partition coefficient (Wildman–Crippen LogP) is 4.73. The lowest BCUT2D eigenvalue weighted by molar-refractivity contribution is -0.117. The van der Waals surface area contributed by atoms with Gasteiger partial charge in [-0.2, -0.15) is 0 Å². The molecule has 0 bridgehead atoms. The number of unbranched alkanes of at least 4 members (excludes halogenated alkanes) is 7. The Morgan fingerprint density at radius 2 is 0.853 bits per heavy atom. The lowest BCUT2D eigenvalue weighted by atomic mass is 10.1. The zero-order valence-corrected chi connectivity index (χ0v) is 19.7. The van der Waals surface area contributed by atoms with Crippen LogP contribution >= 0.6 is 0 Å². The summed E-state index contributed by atoms with van der Waals surface area (Å²) in [6.45, 7) is 0. The summed E-state index contributed by atoms with van der Waals surface area (Å²) in [6, 6.07) is 13.9. The highest BCUT2D eigenvalue weighted by Crippen LogP contribution is 2.14. The van der Waals surface area contributed by atoms with Crippen LogP contribution in [0.3, 0.4) is 0 Å². The van der Waals surface area contributed by atoms with E-state index in [2.05, 4.69) is 10.6 Å². The van der Waals surface area contributed by atoms with E-state index in [1.807, 2.05) is 0 Å². The van der Waals surface area contributed by atoms with Gasteiger partial charge in [-0.3, -0.25) is 20.4 Å². The first-order chi connectivity index (χ1) is 16.3. The van der Waals surface area contributed by atoms with Gasteiger partial charge in [-0.25, -0.2) is 0 Å². The largest absolute Gasteiger partial charge is 0.384 e. The van der Waals surface area contributed by atoms with E-state index in [1.165, 1.54) is 0 Å². The molecular formula is C26H36N6O2. The van der Waals surface area contributed by atoms with Crippen LogP contribution in [0.25, 0.3) is 0 Å². The highest BCUT2D eigenvalue weighted by Gasteiger charge is 2.05. The van der Waals surface area contributed by atoms with Crippen molar-refractivity contribution >= 4 is 34.9 Å². The number of carbonyl (C=O) groups is 2. The minimum absolute atomic E-state index is 0.00338. The van der Waals surface area contributed by atoms with Gasteiger partial charge >= 0.3 is 0 Å². The zero-order chi connectivity index (χ0) is 24.8. The van der Waals surface area contributed by atoms with Crippen LogP contribution in [0.5, 0.6) is 0 Å². The minimum Gasteiger partial charge on any atom is -0.384 e. The fourth-order valence-corrected chi connectivity index (χ4v) is 3.54. The van der Waals surface area contributed by atoms with Gasteiger partial charge in [-0.05, 0) is 61.4 Å². The van der Waals surface area contributed by atoms with Crippen molar-refractivity contribution < 1.29 is 9.59 Å². The van der Waals surface area contributed by atoms with Gasteiger partial charge in [0.05, 0.1) is 0 Å². The first-order valence-corrected chi connectivity index (χ1v) is 11.8. The summed E-state index contributed by atoms with van der Waals surface area (Å²) in [6.07, 6.45) is 9.29. The van der Waals surface area contributed by atoms with Crippen molar-refractivity contribution in [3.8, 4) is 0 Å². The predicted molar refractivity (Wildman–Crippen MR) is 138 cm³/mol. The molecule has 2 rings (SSSR count). The van der Waals surface area contributed by atoms with Crippen LogP contribution in [0.2, 0.25) is 0 Å². The van der Waals surface area contributed by atoms with E-state index < -0.39 is 0 Å². The van der Waals surface area contributed by atoms with Crippen LogP contribution in [-0.2, 0) is 9.59 Å². The SMILES string of the molecule is N=C(N)c1ccc(NC(=O)CCCCCCCCCCC(=O)Nc2ccc(C(=N)N)cc2)cc1. The Bertz CT molecular complexity index is 875. The summed E-state index contributed by atoms with van der Waals surface area (Å²) in [4.78, 5) is 24.1. The van der Waals surface area contributed by atoms with Gasteiger partial charge in [-0.15, -0.1) is 0 Å². The average molecular weight is 465 g/mol. The van der Waals surface area contributed by atoms with Gasteiger partial charge in [0.15, 0.2) is 0 Å². The number of amides is 2. The van der Waals surface area contributed by atoms with E-state index in [0.29, 0.717) is 24.0 Å². The minimum atomic E-state index is 0.00338. The molecule has 2 aromatic carbocycles. The van der Waals surface area contributed by atoms with Gasteiger partial charge in [0.25, 0.3) is 0 Å². The fraction of sp³-hybridized carbons (Fsp3) is 0.385. The molecule has 8 N–H and O–H groups in total. The standard InChI is InChI=1S/C26H36N6O2/c27-25(28)19-11-15-21(16-12-19)31-23(33)9-7-5-3-1-2-4-6-8-10-24(34)32-22-17-13-20(14-18-22)26(29)30/h11-18H,1-10H2,(H3,27,28)(H3,29,30)(H,31,33)(H,32,34). The van der Waals surface area contributed by atoms with Gasteiger partial charge in [0.1, 0.15) is 11.7 Å². The molecular weight excluding hydrogens is 428 g/mol. The second-order valence-electron chi connectivity index (χ2n) is 8.41. The van der Waals surface area contributed by atoms with Crippen LogP contribution in [0.1, 0.15) is 75.3 Å². The molecule has 0 radical (unpaired) electrons. The van der Waals surface area contributed by atoms with Gasteiger partial charge < -0.3 is 22.1 Å². The number of benzene rings is 2. The van der Waals surface area contributed by atoms with E-state index in [1.54, 1.807) is 48.5 Å². The van der Waals surface area contributed by atoms with Crippen molar-refractivity contribution in [1.29, 1.82) is 10.8 Å². The van der Waals surface area contributed by atoms with Crippen molar-refractivity contribution in [3.63, 3.8) is 0 Å². The van der Waals surface area contributed by atoms with Crippen molar-refractivity contribution in [3.05, 3.63) is 59.7 Å². The van der Waals surface area contributed by atoms with Gasteiger partial charge in [0, 0.05) is 35.3 Å². The van der Waals surface area contributed by atoms with Crippen LogP contribution in [0.15, 0.2) is 48.5 Å². The molecule has 0 saturated heterocycles. The van der Waals surface area contributed by atoms with Crippen molar-refractivity contribution in [2.24, 2.45) is 11.5 Å². The smallest absolute Gasteiger partial charge is 0.224 e. The molecule has 0 heterocycles. The van der Waals surface area contributed by atoms with Crippen molar-refractivity contribution in [1.82, 2.24) is 0 Å². The Morgan fingerprint density at radius 3 is 1.15 bits per heavy atom. The maximum absolute atomic E-state index is 12.0. The molecule has 0 saturated carbocycles. The number of anilines is 2. The molecule has 2 aromatic rings. The van der Waals surface area contributed by atoms with Crippen LogP contribution in [0, 0.1) is 10.8 Å². The molecule has 2 amide bonds. The summed E-state index contributed by atoms with van der Waals surface area (Å²) in [7, 11) is 0. The van der Waals surface area contributed by atoms with E-state index in [9.17, 15) is 9.59 Å². The lowest BCUT2D eigenvalue weighted by Crippen LogP contribution is -2.13. The lowest BCUT2D eigenvalue weighted by Gasteiger charge is -2.07. The van der Waals surface area contributed by atoms with Crippen LogP contribution < -0.4 is 22.1 Å². The first kappa shape index (κ1) is 26.6. The number of rotatable bonds is 15. The molecule has 8 nitrogen and oxygen atoms in total. The van der Waals surface area contributed by atoms with Crippen LogP contribution in [-0.4, -0.2) is 23.5 Å². The molecule has 8 heteroatoms. The summed E-state index contributed by atoms with van der Waals surface area (Å²) in [5.41, 5.74) is 13.6. The number of nitrogen functional groups attached to an aromatic ring is 2. The molecule has 0 aliphatic rings. The molecule has 0 fully saturated rings. The summed E-state index contributed by atoms with van der Waals surface area (Å²) in [5, 5.41) is 20.5. The maximum Gasteiger partial charge on any atom is 0.224 e.